The third-order valence-electron chi connectivity index (χ3n) is 4.65. The normalized spacial score (nSPS) is 12.8. The van der Waals surface area contributed by atoms with E-state index in [0.29, 0.717) is 0 Å². The van der Waals surface area contributed by atoms with Gasteiger partial charge in [-0.25, -0.2) is 4.68 Å². The van der Waals surface area contributed by atoms with Gasteiger partial charge in [-0.3, -0.25) is 0 Å². The molecule has 3 heteroatoms. The molecular weight excluding hydrogens is 294 g/mol. The van der Waals surface area contributed by atoms with Crippen LogP contribution in [0, 0.1) is 0 Å². The molecule has 0 aliphatic heterocycles. The Balaban J connectivity index is 1.66. The molecule has 0 saturated carbocycles. The first-order valence-electron chi connectivity index (χ1n) is 8.07. The van der Waals surface area contributed by atoms with Gasteiger partial charge in [0.05, 0.1) is 6.20 Å². The van der Waals surface area contributed by atoms with Crippen LogP contribution in [0.1, 0.15) is 17.2 Å². The molecule has 1 aromatic heterocycles. The maximum atomic E-state index is 4.44. The van der Waals surface area contributed by atoms with E-state index in [0.717, 1.165) is 11.3 Å². The summed E-state index contributed by atoms with van der Waals surface area (Å²) < 4.78 is 1.98. The molecule has 3 nitrogen and oxygen atoms in total. The minimum absolute atomic E-state index is 0.0855. The van der Waals surface area contributed by atoms with E-state index in [-0.39, 0.29) is 6.04 Å². The SMILES string of the molecule is c1ccc(-c2cn(C3c4ccccc4-c4ccccc43)nn2)cc1. The Kier molecular flexibility index (Phi) is 2.85. The highest BCUT2D eigenvalue weighted by Crippen LogP contribution is 2.44. The van der Waals surface area contributed by atoms with E-state index in [2.05, 4.69) is 71.0 Å². The summed E-state index contributed by atoms with van der Waals surface area (Å²) in [6.45, 7) is 0. The smallest absolute Gasteiger partial charge is 0.113 e. The van der Waals surface area contributed by atoms with Crippen LogP contribution in [0.15, 0.2) is 85.1 Å². The van der Waals surface area contributed by atoms with E-state index in [1.165, 1.54) is 22.3 Å². The Morgan fingerprint density at radius 1 is 0.667 bits per heavy atom. The van der Waals surface area contributed by atoms with Crippen LogP contribution in [-0.2, 0) is 0 Å². The zero-order valence-corrected chi connectivity index (χ0v) is 13.0. The van der Waals surface area contributed by atoms with Gasteiger partial charge in [0.1, 0.15) is 11.7 Å². The van der Waals surface area contributed by atoms with Crippen molar-refractivity contribution in [2.45, 2.75) is 6.04 Å². The molecule has 0 radical (unpaired) electrons. The fourth-order valence-electron chi connectivity index (χ4n) is 3.56. The second-order valence-electron chi connectivity index (χ2n) is 6.03. The molecule has 1 aliphatic carbocycles. The first kappa shape index (κ1) is 13.3. The lowest BCUT2D eigenvalue weighted by Gasteiger charge is -2.13. The first-order chi connectivity index (χ1) is 11.9. The molecule has 1 heterocycles. The largest absolute Gasteiger partial charge is 0.240 e. The van der Waals surface area contributed by atoms with Gasteiger partial charge in [-0.1, -0.05) is 84.1 Å². The molecule has 0 saturated heterocycles. The van der Waals surface area contributed by atoms with E-state index in [9.17, 15) is 0 Å². The van der Waals surface area contributed by atoms with Crippen molar-refractivity contribution >= 4 is 0 Å². The highest BCUT2D eigenvalue weighted by molar-refractivity contribution is 5.78. The van der Waals surface area contributed by atoms with Crippen LogP contribution in [0.25, 0.3) is 22.4 Å². The minimum atomic E-state index is 0.0855. The third-order valence-corrected chi connectivity index (χ3v) is 4.65. The highest BCUT2D eigenvalue weighted by Gasteiger charge is 2.30. The van der Waals surface area contributed by atoms with Crippen molar-refractivity contribution in [3.05, 3.63) is 96.2 Å². The monoisotopic (exact) mass is 309 g/mol. The van der Waals surface area contributed by atoms with E-state index < -0.39 is 0 Å². The quantitative estimate of drug-likeness (QED) is 0.478. The molecule has 114 valence electrons. The Labute approximate surface area is 140 Å². The minimum Gasteiger partial charge on any atom is -0.240 e. The standard InChI is InChI=1S/C21H15N3/c1-2-8-15(9-3-1)20-14-24(23-22-20)21-18-12-6-4-10-16(18)17-11-5-7-13-19(17)21/h1-14,21H. The van der Waals surface area contributed by atoms with Gasteiger partial charge in [0.15, 0.2) is 0 Å². The highest BCUT2D eigenvalue weighted by atomic mass is 15.4. The molecule has 0 spiro atoms. The molecule has 5 rings (SSSR count). The summed E-state index contributed by atoms with van der Waals surface area (Å²) in [5, 5.41) is 8.83. The van der Waals surface area contributed by atoms with E-state index in [4.69, 9.17) is 0 Å². The summed E-state index contributed by atoms with van der Waals surface area (Å²) in [6, 6.07) is 27.4. The summed E-state index contributed by atoms with van der Waals surface area (Å²) in [5.41, 5.74) is 7.12. The van der Waals surface area contributed by atoms with Gasteiger partial charge in [-0.15, -0.1) is 5.10 Å². The fourth-order valence-corrected chi connectivity index (χ4v) is 3.56. The number of rotatable bonds is 2. The molecule has 0 fully saturated rings. The molecule has 0 atom stereocenters. The zero-order valence-electron chi connectivity index (χ0n) is 13.0. The lowest BCUT2D eigenvalue weighted by molar-refractivity contribution is 0.580. The van der Waals surface area contributed by atoms with Crippen molar-refractivity contribution in [3.63, 3.8) is 0 Å². The van der Waals surface area contributed by atoms with Crippen LogP contribution in [0.3, 0.4) is 0 Å². The van der Waals surface area contributed by atoms with Gasteiger partial charge in [0.2, 0.25) is 0 Å². The molecule has 0 N–H and O–H groups in total. The van der Waals surface area contributed by atoms with Crippen LogP contribution in [0.4, 0.5) is 0 Å². The maximum Gasteiger partial charge on any atom is 0.113 e. The number of hydrogen-bond acceptors (Lipinski definition) is 2. The van der Waals surface area contributed by atoms with Gasteiger partial charge < -0.3 is 0 Å². The molecule has 24 heavy (non-hydrogen) atoms. The Bertz CT molecular complexity index is 972. The van der Waals surface area contributed by atoms with Crippen molar-refractivity contribution in [3.8, 4) is 22.4 Å². The van der Waals surface area contributed by atoms with Gasteiger partial charge in [0.25, 0.3) is 0 Å². The molecule has 3 aromatic carbocycles. The van der Waals surface area contributed by atoms with Crippen molar-refractivity contribution in [1.29, 1.82) is 0 Å². The summed E-state index contributed by atoms with van der Waals surface area (Å²) in [7, 11) is 0. The molecular formula is C21H15N3. The van der Waals surface area contributed by atoms with Gasteiger partial charge in [-0.2, -0.15) is 0 Å². The van der Waals surface area contributed by atoms with E-state index in [1.807, 2.05) is 29.1 Å². The van der Waals surface area contributed by atoms with Crippen LogP contribution in [0.2, 0.25) is 0 Å². The van der Waals surface area contributed by atoms with Crippen LogP contribution in [-0.4, -0.2) is 15.0 Å². The molecule has 0 bridgehead atoms. The molecule has 1 aliphatic rings. The van der Waals surface area contributed by atoms with E-state index >= 15 is 0 Å². The van der Waals surface area contributed by atoms with Crippen LogP contribution in [0.5, 0.6) is 0 Å². The van der Waals surface area contributed by atoms with Crippen LogP contribution >= 0.6 is 0 Å². The summed E-state index contributed by atoms with van der Waals surface area (Å²) in [6.07, 6.45) is 2.04. The number of hydrogen-bond donors (Lipinski definition) is 0. The number of benzene rings is 3. The number of fused-ring (bicyclic) bond motifs is 3. The summed E-state index contributed by atoms with van der Waals surface area (Å²) >= 11 is 0. The van der Waals surface area contributed by atoms with Gasteiger partial charge >= 0.3 is 0 Å². The molecule has 0 amide bonds. The second kappa shape index (κ2) is 5.17. The molecule has 4 aromatic rings. The Hall–Kier alpha value is -3.20. The topological polar surface area (TPSA) is 30.7 Å². The van der Waals surface area contributed by atoms with Crippen molar-refractivity contribution in [1.82, 2.24) is 15.0 Å². The van der Waals surface area contributed by atoms with Crippen molar-refractivity contribution in [2.75, 3.05) is 0 Å². The summed E-state index contributed by atoms with van der Waals surface area (Å²) in [5.74, 6) is 0. The second-order valence-corrected chi connectivity index (χ2v) is 6.03. The zero-order chi connectivity index (χ0) is 15.9. The van der Waals surface area contributed by atoms with E-state index in [1.54, 1.807) is 0 Å². The number of nitrogens with zero attached hydrogens (tertiary/aromatic N) is 3. The fraction of sp³-hybridized carbons (Fsp3) is 0.0476. The average molecular weight is 309 g/mol. The van der Waals surface area contributed by atoms with Crippen molar-refractivity contribution in [2.24, 2.45) is 0 Å². The van der Waals surface area contributed by atoms with Crippen molar-refractivity contribution < 1.29 is 0 Å². The van der Waals surface area contributed by atoms with Gasteiger partial charge in [0, 0.05) is 5.56 Å². The summed E-state index contributed by atoms with van der Waals surface area (Å²) in [4.78, 5) is 0. The predicted molar refractivity (Wildman–Crippen MR) is 94.6 cm³/mol. The first-order valence-corrected chi connectivity index (χ1v) is 8.07. The molecule has 0 unspecified atom stereocenters. The third kappa shape index (κ3) is 1.91. The lowest BCUT2D eigenvalue weighted by Crippen LogP contribution is -2.10. The van der Waals surface area contributed by atoms with Gasteiger partial charge in [-0.05, 0) is 22.3 Å². The Morgan fingerprint density at radius 2 is 1.25 bits per heavy atom. The lowest BCUT2D eigenvalue weighted by atomic mass is 10.1. The van der Waals surface area contributed by atoms with Crippen LogP contribution < -0.4 is 0 Å². The number of aromatic nitrogens is 3. The average Bonchev–Trinajstić information content (AvgIpc) is 3.25. The predicted octanol–water partition coefficient (Wildman–Crippen LogP) is 4.56. The maximum absolute atomic E-state index is 4.44. The Morgan fingerprint density at radius 3 is 1.92 bits per heavy atom.